The van der Waals surface area contributed by atoms with Crippen LogP contribution in [0.4, 0.5) is 10.2 Å². The summed E-state index contributed by atoms with van der Waals surface area (Å²) < 4.78 is 21.2. The van der Waals surface area contributed by atoms with E-state index in [2.05, 4.69) is 23.9 Å². The zero-order chi connectivity index (χ0) is 19.3. The van der Waals surface area contributed by atoms with Crippen LogP contribution in [0, 0.1) is 5.82 Å². The molecule has 2 aliphatic heterocycles. The Morgan fingerprint density at radius 3 is 2.93 bits per heavy atom. The van der Waals surface area contributed by atoms with Crippen LogP contribution in [0.5, 0.6) is 0 Å². The Hall–Kier alpha value is -1.57. The summed E-state index contributed by atoms with van der Waals surface area (Å²) in [5.41, 5.74) is 0.861. The lowest BCUT2D eigenvalue weighted by atomic mass is 9.94. The van der Waals surface area contributed by atoms with Crippen LogP contribution in [0.2, 0.25) is 5.02 Å². The second-order valence-corrected chi connectivity index (χ2v) is 9.30. The van der Waals surface area contributed by atoms with E-state index in [0.29, 0.717) is 28.6 Å². The third-order valence-corrected chi connectivity index (χ3v) is 6.52. The lowest BCUT2D eigenvalue weighted by Gasteiger charge is -2.36. The van der Waals surface area contributed by atoms with Gasteiger partial charge in [0, 0.05) is 11.6 Å². The van der Waals surface area contributed by atoms with Gasteiger partial charge in [-0.05, 0) is 51.3 Å². The number of ether oxygens (including phenoxy) is 1. The van der Waals surface area contributed by atoms with Crippen LogP contribution in [0.15, 0.2) is 28.0 Å². The smallest absolute Gasteiger partial charge is 0.271 e. The standard InChI is InChI=1S/C19H21ClFN3O2S/c1-10-22-17-15(16(27-10)13-5-4-11(21)8-14(13)20)18(25)23-24(17)12-6-7-26-19(2,3)9-12/h4-5,8,12,16H,6-7,9H2,1-3H3,(H,23,25)/t12-,16+/m1/s1. The molecule has 1 aromatic carbocycles. The molecule has 0 amide bonds. The minimum absolute atomic E-state index is 0.106. The Bertz CT molecular complexity index is 982. The monoisotopic (exact) mass is 409 g/mol. The summed E-state index contributed by atoms with van der Waals surface area (Å²) in [7, 11) is 0. The number of H-pyrrole nitrogens is 1. The highest BCUT2D eigenvalue weighted by molar-refractivity contribution is 8.14. The number of benzene rings is 1. The van der Waals surface area contributed by atoms with Gasteiger partial charge in [0.15, 0.2) is 5.82 Å². The molecule has 0 spiro atoms. The van der Waals surface area contributed by atoms with Gasteiger partial charge in [0.25, 0.3) is 5.56 Å². The molecule has 0 saturated carbocycles. The normalized spacial score (nSPS) is 24.4. The Labute approximate surface area is 165 Å². The Balaban J connectivity index is 1.82. The van der Waals surface area contributed by atoms with Crippen molar-refractivity contribution in [1.29, 1.82) is 0 Å². The Morgan fingerprint density at radius 2 is 2.22 bits per heavy atom. The molecule has 2 atom stereocenters. The molecule has 8 heteroatoms. The molecule has 1 aromatic heterocycles. The molecule has 0 bridgehead atoms. The van der Waals surface area contributed by atoms with Gasteiger partial charge in [0.2, 0.25) is 0 Å². The molecule has 27 heavy (non-hydrogen) atoms. The largest absolute Gasteiger partial charge is 0.375 e. The molecule has 4 rings (SSSR count). The first-order valence-electron chi connectivity index (χ1n) is 8.90. The van der Waals surface area contributed by atoms with Gasteiger partial charge in [-0.1, -0.05) is 29.4 Å². The number of aromatic nitrogens is 2. The van der Waals surface area contributed by atoms with E-state index < -0.39 is 5.82 Å². The van der Waals surface area contributed by atoms with Gasteiger partial charge in [-0.25, -0.2) is 9.38 Å². The predicted molar refractivity (Wildman–Crippen MR) is 107 cm³/mol. The van der Waals surface area contributed by atoms with Gasteiger partial charge in [0.1, 0.15) is 5.82 Å². The molecule has 0 aliphatic carbocycles. The van der Waals surface area contributed by atoms with Crippen LogP contribution < -0.4 is 5.56 Å². The highest BCUT2D eigenvalue weighted by atomic mass is 35.5. The van der Waals surface area contributed by atoms with Gasteiger partial charge in [0.05, 0.1) is 27.5 Å². The molecule has 1 N–H and O–H groups in total. The molecule has 1 fully saturated rings. The molecular formula is C19H21ClFN3O2S. The summed E-state index contributed by atoms with van der Waals surface area (Å²) in [6, 6.07) is 4.40. The number of nitrogens with zero attached hydrogens (tertiary/aromatic N) is 2. The van der Waals surface area contributed by atoms with Crippen molar-refractivity contribution in [2.24, 2.45) is 4.99 Å². The zero-order valence-corrected chi connectivity index (χ0v) is 17.0. The lowest BCUT2D eigenvalue weighted by Crippen LogP contribution is -2.35. The fourth-order valence-electron chi connectivity index (χ4n) is 3.83. The Morgan fingerprint density at radius 1 is 1.44 bits per heavy atom. The van der Waals surface area contributed by atoms with Crippen molar-refractivity contribution >= 4 is 34.2 Å². The molecule has 2 aliphatic rings. The second-order valence-electron chi connectivity index (χ2n) is 7.60. The number of aromatic amines is 1. The molecule has 0 radical (unpaired) electrons. The third kappa shape index (κ3) is 3.48. The maximum atomic E-state index is 13.5. The van der Waals surface area contributed by atoms with Gasteiger partial charge >= 0.3 is 0 Å². The van der Waals surface area contributed by atoms with E-state index >= 15 is 0 Å². The molecule has 1 saturated heterocycles. The number of hydrogen-bond donors (Lipinski definition) is 1. The first-order chi connectivity index (χ1) is 12.7. The van der Waals surface area contributed by atoms with Crippen LogP contribution in [0.1, 0.15) is 56.0 Å². The van der Waals surface area contributed by atoms with Gasteiger partial charge in [-0.2, -0.15) is 0 Å². The van der Waals surface area contributed by atoms with Crippen LogP contribution in [0.3, 0.4) is 0 Å². The number of hydrogen-bond acceptors (Lipinski definition) is 4. The number of rotatable bonds is 2. The summed E-state index contributed by atoms with van der Waals surface area (Å²) in [6.07, 6.45) is 1.60. The van der Waals surface area contributed by atoms with Crippen molar-refractivity contribution in [3.63, 3.8) is 0 Å². The number of nitrogens with one attached hydrogen (secondary N) is 1. The number of halogens is 2. The zero-order valence-electron chi connectivity index (χ0n) is 15.4. The van der Waals surface area contributed by atoms with Crippen molar-refractivity contribution in [2.45, 2.75) is 50.5 Å². The quantitative estimate of drug-likeness (QED) is 0.760. The van der Waals surface area contributed by atoms with Crippen LogP contribution in [0.25, 0.3) is 0 Å². The SMILES string of the molecule is CC1=Nc2c(c(=O)[nH]n2[C@@H]2CCOC(C)(C)C2)[C@H](c2ccc(F)cc2Cl)S1. The van der Waals surface area contributed by atoms with E-state index in [1.165, 1.54) is 23.9 Å². The Kier molecular flexibility index (Phi) is 4.72. The molecular weight excluding hydrogens is 389 g/mol. The minimum atomic E-state index is -0.397. The van der Waals surface area contributed by atoms with E-state index in [4.69, 9.17) is 16.3 Å². The highest BCUT2D eigenvalue weighted by Crippen LogP contribution is 2.47. The van der Waals surface area contributed by atoms with E-state index in [1.54, 1.807) is 6.07 Å². The van der Waals surface area contributed by atoms with Crippen molar-refractivity contribution in [2.75, 3.05) is 6.61 Å². The van der Waals surface area contributed by atoms with Gasteiger partial charge < -0.3 is 4.74 Å². The minimum Gasteiger partial charge on any atom is -0.375 e. The maximum absolute atomic E-state index is 13.5. The van der Waals surface area contributed by atoms with Crippen molar-refractivity contribution in [3.05, 3.63) is 50.5 Å². The van der Waals surface area contributed by atoms with E-state index in [0.717, 1.165) is 17.9 Å². The first kappa shape index (κ1) is 18.8. The van der Waals surface area contributed by atoms with E-state index in [1.807, 2.05) is 11.6 Å². The molecule has 5 nitrogen and oxygen atoms in total. The summed E-state index contributed by atoms with van der Waals surface area (Å²) in [5.74, 6) is 0.246. The van der Waals surface area contributed by atoms with Crippen LogP contribution in [-0.2, 0) is 4.74 Å². The van der Waals surface area contributed by atoms with Crippen molar-refractivity contribution in [3.8, 4) is 0 Å². The molecule has 2 aromatic rings. The summed E-state index contributed by atoms with van der Waals surface area (Å²) in [6.45, 7) is 6.66. The molecule has 3 heterocycles. The average Bonchev–Trinajstić information content (AvgIpc) is 2.90. The highest BCUT2D eigenvalue weighted by Gasteiger charge is 2.36. The predicted octanol–water partition coefficient (Wildman–Crippen LogP) is 4.99. The van der Waals surface area contributed by atoms with Crippen molar-refractivity contribution < 1.29 is 9.13 Å². The molecule has 0 unspecified atom stereocenters. The van der Waals surface area contributed by atoms with Gasteiger partial charge in [-0.15, -0.1) is 0 Å². The second kappa shape index (κ2) is 6.79. The third-order valence-electron chi connectivity index (χ3n) is 5.03. The van der Waals surface area contributed by atoms with Crippen LogP contribution in [-0.4, -0.2) is 27.0 Å². The van der Waals surface area contributed by atoms with Crippen molar-refractivity contribution in [1.82, 2.24) is 9.78 Å². The fourth-order valence-corrected chi connectivity index (χ4v) is 5.31. The fraction of sp³-hybridized carbons (Fsp3) is 0.474. The maximum Gasteiger partial charge on any atom is 0.271 e. The van der Waals surface area contributed by atoms with E-state index in [-0.39, 0.29) is 22.5 Å². The summed E-state index contributed by atoms with van der Waals surface area (Å²) in [5, 5.41) is 3.82. The summed E-state index contributed by atoms with van der Waals surface area (Å²) >= 11 is 7.75. The first-order valence-corrected chi connectivity index (χ1v) is 10.2. The van der Waals surface area contributed by atoms with Gasteiger partial charge in [-0.3, -0.25) is 14.6 Å². The van der Waals surface area contributed by atoms with E-state index in [9.17, 15) is 9.18 Å². The topological polar surface area (TPSA) is 59.4 Å². The summed E-state index contributed by atoms with van der Waals surface area (Å²) in [4.78, 5) is 17.5. The number of fused-ring (bicyclic) bond motifs is 1. The lowest BCUT2D eigenvalue weighted by molar-refractivity contribution is -0.0705. The number of aliphatic imine (C=N–C) groups is 1. The van der Waals surface area contributed by atoms with Crippen LogP contribution >= 0.6 is 23.4 Å². The average molecular weight is 410 g/mol. The molecule has 144 valence electrons. The number of thioether (sulfide) groups is 1.